The second kappa shape index (κ2) is 6.05. The molecule has 0 unspecified atom stereocenters. The van der Waals surface area contributed by atoms with Crippen LogP contribution in [0.3, 0.4) is 0 Å². The molecule has 0 amide bonds. The zero-order chi connectivity index (χ0) is 15.6. The van der Waals surface area contributed by atoms with Gasteiger partial charge in [-0.25, -0.2) is 0 Å². The number of hydrogen-bond donors (Lipinski definition) is 0. The Hall–Kier alpha value is -1.56. The number of halogens is 2. The first kappa shape index (κ1) is 15.8. The summed E-state index contributed by atoms with van der Waals surface area (Å²) in [6, 6.07) is 9.81. The summed E-state index contributed by atoms with van der Waals surface area (Å²) in [7, 11) is -4.10. The summed E-state index contributed by atoms with van der Waals surface area (Å²) in [6.07, 6.45) is 0. The van der Waals surface area contributed by atoms with Crippen LogP contribution in [-0.4, -0.2) is 14.2 Å². The average molecular weight is 345 g/mol. The van der Waals surface area contributed by atoms with Crippen LogP contribution in [0.25, 0.3) is 0 Å². The molecule has 2 aromatic rings. The molecule has 0 aliphatic heterocycles. The third kappa shape index (κ3) is 3.75. The van der Waals surface area contributed by atoms with Gasteiger partial charge in [0.15, 0.2) is 5.78 Å². The fraction of sp³-hybridized carbons (Fsp3) is 0.0714. The van der Waals surface area contributed by atoms with Crippen molar-refractivity contribution in [3.63, 3.8) is 0 Å². The maximum Gasteiger partial charge on any atom is 0.340 e. The van der Waals surface area contributed by atoms with Crippen molar-refractivity contribution in [2.75, 3.05) is 0 Å². The maximum atomic E-state index is 12.2. The topological polar surface area (TPSA) is 60.4 Å². The Morgan fingerprint density at radius 2 is 1.67 bits per heavy atom. The van der Waals surface area contributed by atoms with Gasteiger partial charge in [0.05, 0.1) is 5.02 Å². The van der Waals surface area contributed by atoms with Gasteiger partial charge >= 0.3 is 10.1 Å². The van der Waals surface area contributed by atoms with E-state index >= 15 is 0 Å². The van der Waals surface area contributed by atoms with Gasteiger partial charge in [0.2, 0.25) is 0 Å². The van der Waals surface area contributed by atoms with E-state index in [1.165, 1.54) is 49.4 Å². The van der Waals surface area contributed by atoms with E-state index in [0.29, 0.717) is 5.56 Å². The Balaban J connectivity index is 2.33. The van der Waals surface area contributed by atoms with Gasteiger partial charge in [-0.1, -0.05) is 23.2 Å². The molecule has 0 heterocycles. The average Bonchev–Trinajstić information content (AvgIpc) is 2.41. The second-order valence-electron chi connectivity index (χ2n) is 4.19. The first-order valence-electron chi connectivity index (χ1n) is 5.80. The molecule has 0 saturated carbocycles. The lowest BCUT2D eigenvalue weighted by molar-refractivity contribution is 0.101. The van der Waals surface area contributed by atoms with Gasteiger partial charge in [0.1, 0.15) is 10.6 Å². The van der Waals surface area contributed by atoms with Gasteiger partial charge < -0.3 is 4.18 Å². The SMILES string of the molecule is CC(=O)c1ccc(OS(=O)(=O)c2cc(Cl)ccc2Cl)cc1. The Morgan fingerprint density at radius 3 is 2.24 bits per heavy atom. The Kier molecular flexibility index (Phi) is 4.56. The molecule has 0 saturated heterocycles. The Morgan fingerprint density at radius 1 is 1.05 bits per heavy atom. The first-order chi connectivity index (χ1) is 9.79. The van der Waals surface area contributed by atoms with Crippen molar-refractivity contribution in [2.45, 2.75) is 11.8 Å². The van der Waals surface area contributed by atoms with Gasteiger partial charge in [0.25, 0.3) is 0 Å². The second-order valence-corrected chi connectivity index (χ2v) is 6.55. The van der Waals surface area contributed by atoms with Gasteiger partial charge in [-0.15, -0.1) is 0 Å². The van der Waals surface area contributed by atoms with Crippen LogP contribution in [0.1, 0.15) is 17.3 Å². The van der Waals surface area contributed by atoms with E-state index in [4.69, 9.17) is 27.4 Å². The van der Waals surface area contributed by atoms with Crippen molar-refractivity contribution in [1.29, 1.82) is 0 Å². The van der Waals surface area contributed by atoms with Crippen LogP contribution in [0.4, 0.5) is 0 Å². The highest BCUT2D eigenvalue weighted by molar-refractivity contribution is 7.87. The molecular formula is C14H10Cl2O4S. The molecule has 0 spiro atoms. The number of hydrogen-bond acceptors (Lipinski definition) is 4. The van der Waals surface area contributed by atoms with Crippen LogP contribution in [0, 0.1) is 0 Å². The third-order valence-electron chi connectivity index (χ3n) is 2.63. The summed E-state index contributed by atoms with van der Waals surface area (Å²) in [4.78, 5) is 10.9. The summed E-state index contributed by atoms with van der Waals surface area (Å²) < 4.78 is 29.3. The molecule has 0 N–H and O–H groups in total. The number of benzene rings is 2. The van der Waals surface area contributed by atoms with Crippen LogP contribution < -0.4 is 4.18 Å². The van der Waals surface area contributed by atoms with E-state index in [1.807, 2.05) is 0 Å². The van der Waals surface area contributed by atoms with Gasteiger partial charge in [-0.05, 0) is 49.4 Å². The van der Waals surface area contributed by atoms with E-state index in [2.05, 4.69) is 0 Å². The maximum absolute atomic E-state index is 12.2. The number of ketones is 1. The van der Waals surface area contributed by atoms with E-state index < -0.39 is 10.1 Å². The predicted molar refractivity (Wildman–Crippen MR) is 80.7 cm³/mol. The summed E-state index contributed by atoms with van der Waals surface area (Å²) in [5.74, 6) is -0.0432. The fourth-order valence-electron chi connectivity index (χ4n) is 1.59. The summed E-state index contributed by atoms with van der Waals surface area (Å²) in [5.41, 5.74) is 0.459. The molecule has 110 valence electrons. The Bertz CT molecular complexity index is 783. The quantitative estimate of drug-likeness (QED) is 0.622. The van der Waals surface area contributed by atoms with Crippen LogP contribution in [-0.2, 0) is 10.1 Å². The van der Waals surface area contributed by atoms with Crippen molar-refractivity contribution >= 4 is 39.1 Å². The monoisotopic (exact) mass is 344 g/mol. The zero-order valence-electron chi connectivity index (χ0n) is 10.8. The molecule has 0 radical (unpaired) electrons. The summed E-state index contributed by atoms with van der Waals surface area (Å²) >= 11 is 11.6. The smallest absolute Gasteiger partial charge is 0.340 e. The highest BCUT2D eigenvalue weighted by Crippen LogP contribution is 2.27. The third-order valence-corrected chi connectivity index (χ3v) is 4.59. The van der Waals surface area contributed by atoms with Crippen molar-refractivity contribution in [3.8, 4) is 5.75 Å². The number of carbonyl (C=O) groups excluding carboxylic acids is 1. The van der Waals surface area contributed by atoms with Gasteiger partial charge in [0, 0.05) is 10.6 Å². The zero-order valence-corrected chi connectivity index (χ0v) is 13.2. The van der Waals surface area contributed by atoms with Crippen LogP contribution >= 0.6 is 23.2 Å². The minimum atomic E-state index is -4.10. The van der Waals surface area contributed by atoms with Crippen molar-refractivity contribution in [2.24, 2.45) is 0 Å². The van der Waals surface area contributed by atoms with Crippen LogP contribution in [0.5, 0.6) is 5.75 Å². The number of rotatable bonds is 4. The van der Waals surface area contributed by atoms with Crippen LogP contribution in [0.15, 0.2) is 47.4 Å². The van der Waals surface area contributed by atoms with E-state index in [9.17, 15) is 13.2 Å². The van der Waals surface area contributed by atoms with Gasteiger partial charge in [-0.3, -0.25) is 4.79 Å². The highest BCUT2D eigenvalue weighted by atomic mass is 35.5. The minimum absolute atomic E-state index is 0.0137. The molecule has 7 heteroatoms. The molecule has 0 aliphatic rings. The fourth-order valence-corrected chi connectivity index (χ4v) is 3.26. The lowest BCUT2D eigenvalue weighted by Gasteiger charge is -2.09. The van der Waals surface area contributed by atoms with Crippen LogP contribution in [0.2, 0.25) is 10.0 Å². The van der Waals surface area contributed by atoms with E-state index in [0.717, 1.165) is 0 Å². The lowest BCUT2D eigenvalue weighted by atomic mass is 10.1. The van der Waals surface area contributed by atoms with Crippen molar-refractivity contribution < 1.29 is 17.4 Å². The molecule has 0 aromatic heterocycles. The molecule has 0 aliphatic carbocycles. The summed E-state index contributed by atoms with van der Waals surface area (Å²) in [5, 5.41) is 0.244. The van der Waals surface area contributed by atoms with Gasteiger partial charge in [-0.2, -0.15) is 8.42 Å². The van der Waals surface area contributed by atoms with Crippen molar-refractivity contribution in [1.82, 2.24) is 0 Å². The standard InChI is InChI=1S/C14H10Cl2O4S/c1-9(17)10-2-5-12(6-3-10)20-21(18,19)14-8-11(15)4-7-13(14)16/h2-8H,1H3. The largest absolute Gasteiger partial charge is 0.379 e. The number of carbonyl (C=O) groups is 1. The minimum Gasteiger partial charge on any atom is -0.379 e. The van der Waals surface area contributed by atoms with E-state index in [1.54, 1.807) is 0 Å². The predicted octanol–water partition coefficient (Wildman–Crippen LogP) is 3.96. The molecule has 2 aromatic carbocycles. The Labute approximate surface area is 132 Å². The molecule has 2 rings (SSSR count). The lowest BCUT2D eigenvalue weighted by Crippen LogP contribution is -2.10. The molecular weight excluding hydrogens is 335 g/mol. The molecule has 4 nitrogen and oxygen atoms in total. The highest BCUT2D eigenvalue weighted by Gasteiger charge is 2.21. The molecule has 0 fully saturated rings. The summed E-state index contributed by atoms with van der Waals surface area (Å²) in [6.45, 7) is 1.42. The normalized spacial score (nSPS) is 11.2. The number of Topliss-reactive ketones (excluding diaryl/α,β-unsaturated/α-hetero) is 1. The molecule has 0 bridgehead atoms. The van der Waals surface area contributed by atoms with Crippen molar-refractivity contribution in [3.05, 3.63) is 58.1 Å². The van der Waals surface area contributed by atoms with E-state index in [-0.39, 0.29) is 26.5 Å². The molecule has 0 atom stereocenters. The molecule has 21 heavy (non-hydrogen) atoms. The first-order valence-corrected chi connectivity index (χ1v) is 7.96.